The molecule has 2 rings (SSSR count). The minimum Gasteiger partial charge on any atom is -0.494 e. The van der Waals surface area contributed by atoms with E-state index in [1.54, 1.807) is 0 Å². The van der Waals surface area contributed by atoms with E-state index in [9.17, 15) is 5.26 Å². The SMILES string of the molecule is CC1CCC(C#N)(CCCOc2ccccc2)C1. The van der Waals surface area contributed by atoms with Crippen molar-refractivity contribution < 1.29 is 4.74 Å². The fourth-order valence-electron chi connectivity index (χ4n) is 2.90. The Hall–Kier alpha value is -1.49. The molecule has 0 spiro atoms. The number of hydrogen-bond acceptors (Lipinski definition) is 2. The number of rotatable bonds is 5. The minimum atomic E-state index is -0.0700. The Morgan fingerprint density at radius 2 is 2.17 bits per heavy atom. The lowest BCUT2D eigenvalue weighted by molar-refractivity contribution is 0.267. The summed E-state index contributed by atoms with van der Waals surface area (Å²) in [7, 11) is 0. The first-order valence-electron chi connectivity index (χ1n) is 6.83. The van der Waals surface area contributed by atoms with Crippen molar-refractivity contribution in [3.8, 4) is 11.8 Å². The summed E-state index contributed by atoms with van der Waals surface area (Å²) in [6, 6.07) is 12.4. The van der Waals surface area contributed by atoms with Crippen LogP contribution in [-0.2, 0) is 0 Å². The lowest BCUT2D eigenvalue weighted by Crippen LogP contribution is -2.15. The van der Waals surface area contributed by atoms with Gasteiger partial charge in [0.15, 0.2) is 0 Å². The molecular formula is C16H21NO. The van der Waals surface area contributed by atoms with E-state index < -0.39 is 0 Å². The molecule has 0 amide bonds. The lowest BCUT2D eigenvalue weighted by Gasteiger charge is -2.20. The molecule has 1 aliphatic rings. The summed E-state index contributed by atoms with van der Waals surface area (Å²) in [6.07, 6.45) is 5.27. The van der Waals surface area contributed by atoms with E-state index in [1.165, 1.54) is 6.42 Å². The number of ether oxygens (including phenoxy) is 1. The Morgan fingerprint density at radius 3 is 2.78 bits per heavy atom. The molecule has 2 nitrogen and oxygen atoms in total. The van der Waals surface area contributed by atoms with Crippen LogP contribution in [0.1, 0.15) is 39.0 Å². The van der Waals surface area contributed by atoms with Gasteiger partial charge in [-0.1, -0.05) is 25.1 Å². The predicted octanol–water partition coefficient (Wildman–Crippen LogP) is 4.18. The Morgan fingerprint density at radius 1 is 1.39 bits per heavy atom. The number of nitrogens with zero attached hydrogens (tertiary/aromatic N) is 1. The van der Waals surface area contributed by atoms with Gasteiger partial charge in [-0.2, -0.15) is 5.26 Å². The van der Waals surface area contributed by atoms with Crippen LogP contribution in [0.25, 0.3) is 0 Å². The van der Waals surface area contributed by atoms with Crippen molar-refractivity contribution in [2.45, 2.75) is 39.0 Å². The summed E-state index contributed by atoms with van der Waals surface area (Å²) >= 11 is 0. The molecule has 1 aliphatic carbocycles. The Kier molecular flexibility index (Phi) is 4.25. The van der Waals surface area contributed by atoms with Gasteiger partial charge >= 0.3 is 0 Å². The molecule has 1 aromatic carbocycles. The van der Waals surface area contributed by atoms with Gasteiger partial charge in [-0.05, 0) is 50.2 Å². The molecule has 2 unspecified atom stereocenters. The number of hydrogen-bond donors (Lipinski definition) is 0. The van der Waals surface area contributed by atoms with Crippen LogP contribution in [0, 0.1) is 22.7 Å². The summed E-state index contributed by atoms with van der Waals surface area (Å²) in [6.45, 7) is 2.96. The molecule has 1 saturated carbocycles. The fourth-order valence-corrected chi connectivity index (χ4v) is 2.90. The Labute approximate surface area is 110 Å². The van der Waals surface area contributed by atoms with Gasteiger partial charge in [0.25, 0.3) is 0 Å². The van der Waals surface area contributed by atoms with Crippen LogP contribution in [0.5, 0.6) is 5.75 Å². The van der Waals surface area contributed by atoms with Gasteiger partial charge in [0.05, 0.1) is 18.1 Å². The predicted molar refractivity (Wildman–Crippen MR) is 72.2 cm³/mol. The molecule has 96 valence electrons. The quantitative estimate of drug-likeness (QED) is 0.727. The van der Waals surface area contributed by atoms with E-state index in [0.717, 1.165) is 31.4 Å². The summed E-state index contributed by atoms with van der Waals surface area (Å²) < 4.78 is 5.67. The third kappa shape index (κ3) is 3.26. The highest BCUT2D eigenvalue weighted by atomic mass is 16.5. The van der Waals surface area contributed by atoms with Gasteiger partial charge < -0.3 is 4.74 Å². The maximum absolute atomic E-state index is 9.36. The van der Waals surface area contributed by atoms with Crippen LogP contribution in [0.15, 0.2) is 30.3 Å². The van der Waals surface area contributed by atoms with E-state index >= 15 is 0 Å². The summed E-state index contributed by atoms with van der Waals surface area (Å²) in [4.78, 5) is 0. The molecular weight excluding hydrogens is 222 g/mol. The largest absolute Gasteiger partial charge is 0.494 e. The van der Waals surface area contributed by atoms with Crippen molar-refractivity contribution in [3.05, 3.63) is 30.3 Å². The second-order valence-corrected chi connectivity index (χ2v) is 5.51. The van der Waals surface area contributed by atoms with Gasteiger partial charge in [0, 0.05) is 0 Å². The van der Waals surface area contributed by atoms with Crippen molar-refractivity contribution in [3.63, 3.8) is 0 Å². The standard InChI is InChI=1S/C16H21NO/c1-14-8-10-16(12-14,13-17)9-5-11-18-15-6-3-2-4-7-15/h2-4,6-7,14H,5,8-12H2,1H3. The van der Waals surface area contributed by atoms with Crippen LogP contribution >= 0.6 is 0 Å². The maximum Gasteiger partial charge on any atom is 0.119 e. The third-order valence-corrected chi connectivity index (χ3v) is 3.90. The minimum absolute atomic E-state index is 0.0700. The monoisotopic (exact) mass is 243 g/mol. The van der Waals surface area contributed by atoms with Crippen LogP contribution in [0.3, 0.4) is 0 Å². The number of para-hydroxylation sites is 1. The maximum atomic E-state index is 9.36. The topological polar surface area (TPSA) is 33.0 Å². The van der Waals surface area contributed by atoms with Gasteiger partial charge in [0.1, 0.15) is 5.75 Å². The summed E-state index contributed by atoms with van der Waals surface area (Å²) in [5.74, 6) is 1.63. The van der Waals surface area contributed by atoms with Crippen LogP contribution in [0.4, 0.5) is 0 Å². The molecule has 1 fully saturated rings. The van der Waals surface area contributed by atoms with E-state index in [-0.39, 0.29) is 5.41 Å². The van der Waals surface area contributed by atoms with Crippen molar-refractivity contribution >= 4 is 0 Å². The van der Waals surface area contributed by atoms with Gasteiger partial charge in [0.2, 0.25) is 0 Å². The summed E-state index contributed by atoms with van der Waals surface area (Å²) in [5.41, 5.74) is -0.0700. The molecule has 0 aliphatic heterocycles. The van der Waals surface area contributed by atoms with E-state index in [0.29, 0.717) is 12.5 Å². The highest BCUT2D eigenvalue weighted by Crippen LogP contribution is 2.44. The zero-order valence-electron chi connectivity index (χ0n) is 11.1. The number of nitriles is 1. The normalized spacial score (nSPS) is 26.8. The average molecular weight is 243 g/mol. The fraction of sp³-hybridized carbons (Fsp3) is 0.562. The lowest BCUT2D eigenvalue weighted by atomic mass is 9.82. The highest BCUT2D eigenvalue weighted by Gasteiger charge is 2.36. The first-order valence-corrected chi connectivity index (χ1v) is 6.83. The highest BCUT2D eigenvalue weighted by molar-refractivity contribution is 5.20. The van der Waals surface area contributed by atoms with Crippen molar-refractivity contribution in [2.75, 3.05) is 6.61 Å². The zero-order valence-corrected chi connectivity index (χ0v) is 11.1. The van der Waals surface area contributed by atoms with Crippen molar-refractivity contribution in [2.24, 2.45) is 11.3 Å². The molecule has 2 heteroatoms. The smallest absolute Gasteiger partial charge is 0.119 e. The Bertz CT molecular complexity index is 409. The van der Waals surface area contributed by atoms with Crippen LogP contribution in [-0.4, -0.2) is 6.61 Å². The van der Waals surface area contributed by atoms with Crippen LogP contribution in [0.2, 0.25) is 0 Å². The van der Waals surface area contributed by atoms with E-state index in [2.05, 4.69) is 13.0 Å². The van der Waals surface area contributed by atoms with Crippen molar-refractivity contribution in [1.82, 2.24) is 0 Å². The Balaban J connectivity index is 1.74. The molecule has 2 atom stereocenters. The van der Waals surface area contributed by atoms with Gasteiger partial charge in [-0.3, -0.25) is 0 Å². The van der Waals surface area contributed by atoms with E-state index in [4.69, 9.17) is 4.74 Å². The molecule has 0 saturated heterocycles. The average Bonchev–Trinajstić information content (AvgIpc) is 2.78. The van der Waals surface area contributed by atoms with Gasteiger partial charge in [-0.25, -0.2) is 0 Å². The molecule has 0 bridgehead atoms. The number of benzene rings is 1. The van der Waals surface area contributed by atoms with Gasteiger partial charge in [-0.15, -0.1) is 0 Å². The molecule has 0 radical (unpaired) electrons. The molecule has 0 heterocycles. The van der Waals surface area contributed by atoms with Crippen LogP contribution < -0.4 is 4.74 Å². The van der Waals surface area contributed by atoms with E-state index in [1.807, 2.05) is 30.3 Å². The molecule has 0 aromatic heterocycles. The summed E-state index contributed by atoms with van der Waals surface area (Å²) in [5, 5.41) is 9.36. The second-order valence-electron chi connectivity index (χ2n) is 5.51. The third-order valence-electron chi connectivity index (χ3n) is 3.90. The molecule has 18 heavy (non-hydrogen) atoms. The molecule has 0 N–H and O–H groups in total. The first-order chi connectivity index (χ1) is 8.74. The zero-order chi connectivity index (χ0) is 12.8. The van der Waals surface area contributed by atoms with Crippen molar-refractivity contribution in [1.29, 1.82) is 5.26 Å². The first kappa shape index (κ1) is 13.0. The second kappa shape index (κ2) is 5.91. The molecule has 1 aromatic rings.